The molecular weight excluding hydrogens is 264 g/mol. The van der Waals surface area contributed by atoms with Gasteiger partial charge < -0.3 is 0 Å². The standard InChI is InChI=1S/C14H11ClN2O2/c1-10-8-13(17(18)19)6-7-14(10)16-9-11-2-4-12(15)5-3-11/h2-9H,1H3. The molecule has 0 saturated heterocycles. The summed E-state index contributed by atoms with van der Waals surface area (Å²) in [6.45, 7) is 1.79. The Bertz CT molecular complexity index is 636. The summed E-state index contributed by atoms with van der Waals surface area (Å²) in [6.07, 6.45) is 1.70. The second kappa shape index (κ2) is 5.63. The lowest BCUT2D eigenvalue weighted by atomic mass is 10.2. The molecule has 96 valence electrons. The number of aliphatic imine (C=N–C) groups is 1. The molecule has 2 aromatic carbocycles. The third-order valence-corrected chi connectivity index (χ3v) is 2.87. The molecule has 0 aliphatic heterocycles. The predicted molar refractivity (Wildman–Crippen MR) is 76.5 cm³/mol. The molecule has 0 spiro atoms. The molecule has 0 atom stereocenters. The number of non-ortho nitro benzene ring substituents is 1. The van der Waals surface area contributed by atoms with E-state index in [4.69, 9.17) is 11.6 Å². The van der Waals surface area contributed by atoms with Crippen LogP contribution < -0.4 is 0 Å². The fourth-order valence-electron chi connectivity index (χ4n) is 1.59. The molecule has 0 heterocycles. The SMILES string of the molecule is Cc1cc([N+](=O)[O-])ccc1N=Cc1ccc(Cl)cc1. The third kappa shape index (κ3) is 3.39. The molecule has 0 radical (unpaired) electrons. The van der Waals surface area contributed by atoms with Crippen molar-refractivity contribution in [3.8, 4) is 0 Å². The number of hydrogen-bond donors (Lipinski definition) is 0. The van der Waals surface area contributed by atoms with Crippen LogP contribution in [0.3, 0.4) is 0 Å². The minimum Gasteiger partial charge on any atom is -0.258 e. The van der Waals surface area contributed by atoms with Gasteiger partial charge in [0.1, 0.15) is 0 Å². The highest BCUT2D eigenvalue weighted by molar-refractivity contribution is 6.30. The van der Waals surface area contributed by atoms with E-state index in [-0.39, 0.29) is 5.69 Å². The van der Waals surface area contributed by atoms with Crippen molar-refractivity contribution in [2.75, 3.05) is 0 Å². The predicted octanol–water partition coefficient (Wildman–Crippen LogP) is 4.31. The van der Waals surface area contributed by atoms with Crippen molar-refractivity contribution in [3.63, 3.8) is 0 Å². The summed E-state index contributed by atoms with van der Waals surface area (Å²) in [5.41, 5.74) is 2.46. The Kier molecular flexibility index (Phi) is 3.92. The minimum absolute atomic E-state index is 0.0722. The molecule has 0 amide bonds. The first-order valence-corrected chi connectivity index (χ1v) is 5.99. The zero-order chi connectivity index (χ0) is 13.8. The van der Waals surface area contributed by atoms with Gasteiger partial charge in [0.25, 0.3) is 5.69 Å². The monoisotopic (exact) mass is 274 g/mol. The quantitative estimate of drug-likeness (QED) is 0.476. The van der Waals surface area contributed by atoms with Crippen molar-refractivity contribution in [1.82, 2.24) is 0 Å². The topological polar surface area (TPSA) is 55.5 Å². The molecule has 0 aromatic heterocycles. The van der Waals surface area contributed by atoms with Crippen LogP contribution >= 0.6 is 11.6 Å². The Morgan fingerprint density at radius 2 is 1.89 bits per heavy atom. The van der Waals surface area contributed by atoms with E-state index in [1.165, 1.54) is 12.1 Å². The van der Waals surface area contributed by atoms with E-state index in [0.29, 0.717) is 10.7 Å². The average molecular weight is 275 g/mol. The summed E-state index contributed by atoms with van der Waals surface area (Å²) >= 11 is 5.79. The van der Waals surface area contributed by atoms with Crippen molar-refractivity contribution < 1.29 is 4.92 Å². The molecule has 2 rings (SSSR count). The smallest absolute Gasteiger partial charge is 0.258 e. The van der Waals surface area contributed by atoms with Gasteiger partial charge in [0.2, 0.25) is 0 Å². The van der Waals surface area contributed by atoms with Crippen LogP contribution in [0, 0.1) is 17.0 Å². The molecule has 0 fully saturated rings. The van der Waals surface area contributed by atoms with Crippen LogP contribution in [0.4, 0.5) is 11.4 Å². The van der Waals surface area contributed by atoms with Crippen LogP contribution in [0.2, 0.25) is 5.02 Å². The number of nitrogens with zero attached hydrogens (tertiary/aromatic N) is 2. The van der Waals surface area contributed by atoms with E-state index < -0.39 is 4.92 Å². The van der Waals surface area contributed by atoms with Crippen molar-refractivity contribution in [2.45, 2.75) is 6.92 Å². The van der Waals surface area contributed by atoms with E-state index in [9.17, 15) is 10.1 Å². The summed E-state index contributed by atoms with van der Waals surface area (Å²) in [5.74, 6) is 0. The molecule has 2 aromatic rings. The molecule has 0 aliphatic rings. The first-order chi connectivity index (χ1) is 9.06. The Morgan fingerprint density at radius 3 is 2.47 bits per heavy atom. The fraction of sp³-hybridized carbons (Fsp3) is 0.0714. The molecule has 19 heavy (non-hydrogen) atoms. The first-order valence-electron chi connectivity index (χ1n) is 5.61. The van der Waals surface area contributed by atoms with Crippen LogP contribution in [0.15, 0.2) is 47.5 Å². The summed E-state index contributed by atoms with van der Waals surface area (Å²) in [6, 6.07) is 11.9. The van der Waals surface area contributed by atoms with E-state index in [0.717, 1.165) is 11.1 Å². The van der Waals surface area contributed by atoms with Crippen LogP contribution in [0.5, 0.6) is 0 Å². The van der Waals surface area contributed by atoms with Gasteiger partial charge in [-0.2, -0.15) is 0 Å². The number of aryl methyl sites for hydroxylation is 1. The molecule has 0 saturated carbocycles. The highest BCUT2D eigenvalue weighted by Crippen LogP contribution is 2.23. The maximum atomic E-state index is 10.6. The highest BCUT2D eigenvalue weighted by Gasteiger charge is 2.06. The zero-order valence-corrected chi connectivity index (χ0v) is 11.0. The van der Waals surface area contributed by atoms with Gasteiger partial charge >= 0.3 is 0 Å². The average Bonchev–Trinajstić information content (AvgIpc) is 2.39. The van der Waals surface area contributed by atoms with E-state index >= 15 is 0 Å². The number of nitro groups is 1. The maximum absolute atomic E-state index is 10.6. The van der Waals surface area contributed by atoms with Gasteiger partial charge in [0, 0.05) is 23.4 Å². The molecule has 0 aliphatic carbocycles. The summed E-state index contributed by atoms with van der Waals surface area (Å²) in [7, 11) is 0. The van der Waals surface area contributed by atoms with Gasteiger partial charge in [-0.1, -0.05) is 23.7 Å². The van der Waals surface area contributed by atoms with Crippen LogP contribution in [0.1, 0.15) is 11.1 Å². The number of rotatable bonds is 3. The van der Waals surface area contributed by atoms with E-state index in [2.05, 4.69) is 4.99 Å². The maximum Gasteiger partial charge on any atom is 0.269 e. The van der Waals surface area contributed by atoms with Crippen molar-refractivity contribution in [3.05, 3.63) is 68.7 Å². The molecule has 4 nitrogen and oxygen atoms in total. The summed E-state index contributed by atoms with van der Waals surface area (Å²) in [5, 5.41) is 11.3. The second-order valence-electron chi connectivity index (χ2n) is 4.04. The van der Waals surface area contributed by atoms with Gasteiger partial charge in [-0.15, -0.1) is 0 Å². The van der Waals surface area contributed by atoms with Crippen LogP contribution in [-0.4, -0.2) is 11.1 Å². The number of halogens is 1. The van der Waals surface area contributed by atoms with Gasteiger partial charge in [0.15, 0.2) is 0 Å². The lowest BCUT2D eigenvalue weighted by molar-refractivity contribution is -0.384. The zero-order valence-electron chi connectivity index (χ0n) is 10.2. The van der Waals surface area contributed by atoms with Crippen molar-refractivity contribution in [1.29, 1.82) is 0 Å². The van der Waals surface area contributed by atoms with Gasteiger partial charge in [-0.25, -0.2) is 0 Å². The second-order valence-corrected chi connectivity index (χ2v) is 4.47. The normalized spacial score (nSPS) is 10.8. The van der Waals surface area contributed by atoms with Crippen LogP contribution in [-0.2, 0) is 0 Å². The molecule has 5 heteroatoms. The van der Waals surface area contributed by atoms with Crippen LogP contribution in [0.25, 0.3) is 0 Å². The summed E-state index contributed by atoms with van der Waals surface area (Å²) < 4.78 is 0. The minimum atomic E-state index is -0.417. The largest absolute Gasteiger partial charge is 0.269 e. The Hall–Kier alpha value is -2.20. The molecular formula is C14H11ClN2O2. The molecule has 0 N–H and O–H groups in total. The first kappa shape index (κ1) is 13.2. The Balaban J connectivity index is 2.23. The molecule has 0 unspecified atom stereocenters. The number of hydrogen-bond acceptors (Lipinski definition) is 3. The number of nitro benzene ring substituents is 1. The van der Waals surface area contributed by atoms with Crippen molar-refractivity contribution >= 4 is 29.2 Å². The Labute approximate surface area is 115 Å². The highest BCUT2D eigenvalue weighted by atomic mass is 35.5. The molecule has 0 bridgehead atoms. The third-order valence-electron chi connectivity index (χ3n) is 2.61. The van der Waals surface area contributed by atoms with Crippen molar-refractivity contribution in [2.24, 2.45) is 4.99 Å². The van der Waals surface area contributed by atoms with Gasteiger partial charge in [0.05, 0.1) is 10.6 Å². The van der Waals surface area contributed by atoms with E-state index in [1.807, 2.05) is 12.1 Å². The number of benzene rings is 2. The lowest BCUT2D eigenvalue weighted by Crippen LogP contribution is -1.88. The lowest BCUT2D eigenvalue weighted by Gasteiger charge is -2.00. The fourth-order valence-corrected chi connectivity index (χ4v) is 1.72. The van der Waals surface area contributed by atoms with Gasteiger partial charge in [-0.05, 0) is 36.2 Å². The van der Waals surface area contributed by atoms with Gasteiger partial charge in [-0.3, -0.25) is 15.1 Å². The Morgan fingerprint density at radius 1 is 1.21 bits per heavy atom. The van der Waals surface area contributed by atoms with E-state index in [1.54, 1.807) is 31.3 Å². The summed E-state index contributed by atoms with van der Waals surface area (Å²) in [4.78, 5) is 14.5.